The molecule has 0 saturated carbocycles. The fourth-order valence-corrected chi connectivity index (χ4v) is 3.74. The van der Waals surface area contributed by atoms with Crippen LogP contribution in [0.15, 0.2) is 48.5 Å². The molecule has 0 spiro atoms. The second-order valence-corrected chi connectivity index (χ2v) is 7.08. The Bertz CT molecular complexity index is 727. The predicted molar refractivity (Wildman–Crippen MR) is 88.3 cm³/mol. The molecule has 2 aromatic carbocycles. The molecular weight excluding hydrogens is 298 g/mol. The molecule has 0 amide bonds. The highest BCUT2D eigenvalue weighted by molar-refractivity contribution is 7.88. The Morgan fingerprint density at radius 2 is 1.82 bits per heavy atom. The van der Waals surface area contributed by atoms with Gasteiger partial charge in [-0.1, -0.05) is 48.0 Å². The van der Waals surface area contributed by atoms with E-state index in [0.717, 1.165) is 16.7 Å². The van der Waals surface area contributed by atoms with Crippen LogP contribution in [0.2, 0.25) is 0 Å². The summed E-state index contributed by atoms with van der Waals surface area (Å²) in [5.74, 6) is 0.646. The zero-order chi connectivity index (χ0) is 16.2. The van der Waals surface area contributed by atoms with Crippen LogP contribution >= 0.6 is 0 Å². The Balaban J connectivity index is 2.17. The van der Waals surface area contributed by atoms with Gasteiger partial charge >= 0.3 is 0 Å². The minimum absolute atomic E-state index is 0.0354. The van der Waals surface area contributed by atoms with Crippen molar-refractivity contribution in [3.63, 3.8) is 0 Å². The molecule has 1 unspecified atom stereocenters. The first-order valence-corrected chi connectivity index (χ1v) is 8.75. The zero-order valence-electron chi connectivity index (χ0n) is 13.0. The van der Waals surface area contributed by atoms with Gasteiger partial charge in [0.2, 0.25) is 10.0 Å². The summed E-state index contributed by atoms with van der Waals surface area (Å²) in [4.78, 5) is 0. The van der Waals surface area contributed by atoms with E-state index in [-0.39, 0.29) is 11.8 Å². The number of methoxy groups -OCH3 is 1. The molecule has 0 fully saturated rings. The quantitative estimate of drug-likeness (QED) is 0.889. The number of aryl methyl sites for hydroxylation is 1. The van der Waals surface area contributed by atoms with Gasteiger partial charge < -0.3 is 4.74 Å². The van der Waals surface area contributed by atoms with Gasteiger partial charge in [-0.2, -0.15) is 0 Å². The van der Waals surface area contributed by atoms with E-state index in [2.05, 4.69) is 4.72 Å². The molecule has 1 N–H and O–H groups in total. The Morgan fingerprint density at radius 3 is 2.45 bits per heavy atom. The van der Waals surface area contributed by atoms with E-state index in [1.165, 1.54) is 0 Å². The normalized spacial score (nSPS) is 12.9. The van der Waals surface area contributed by atoms with Gasteiger partial charge in [0.05, 0.1) is 12.9 Å². The van der Waals surface area contributed by atoms with Crippen molar-refractivity contribution in [3.8, 4) is 5.75 Å². The van der Waals surface area contributed by atoms with Crippen LogP contribution in [0.25, 0.3) is 0 Å². The molecule has 0 aliphatic heterocycles. The van der Waals surface area contributed by atoms with Crippen LogP contribution in [0.3, 0.4) is 0 Å². The summed E-state index contributed by atoms with van der Waals surface area (Å²) in [6.45, 7) is 3.79. The van der Waals surface area contributed by atoms with Gasteiger partial charge in [-0.15, -0.1) is 0 Å². The molecule has 0 saturated heterocycles. The maximum atomic E-state index is 12.3. The Morgan fingerprint density at radius 1 is 1.14 bits per heavy atom. The lowest BCUT2D eigenvalue weighted by atomic mass is 10.1. The first kappa shape index (κ1) is 16.5. The van der Waals surface area contributed by atoms with Crippen molar-refractivity contribution in [2.75, 3.05) is 7.11 Å². The second-order valence-electron chi connectivity index (χ2n) is 5.33. The molecule has 1 atom stereocenters. The highest BCUT2D eigenvalue weighted by Gasteiger charge is 2.19. The molecule has 0 aromatic heterocycles. The summed E-state index contributed by atoms with van der Waals surface area (Å²) in [6.07, 6.45) is 0. The van der Waals surface area contributed by atoms with Crippen LogP contribution in [0.4, 0.5) is 0 Å². The van der Waals surface area contributed by atoms with Gasteiger partial charge in [-0.3, -0.25) is 0 Å². The van der Waals surface area contributed by atoms with Crippen molar-refractivity contribution >= 4 is 10.0 Å². The third-order valence-corrected chi connectivity index (χ3v) is 4.83. The number of ether oxygens (including phenoxy) is 1. The van der Waals surface area contributed by atoms with Crippen LogP contribution in [0, 0.1) is 6.92 Å². The molecule has 22 heavy (non-hydrogen) atoms. The maximum Gasteiger partial charge on any atom is 0.216 e. The molecule has 2 aromatic rings. The molecule has 5 heteroatoms. The monoisotopic (exact) mass is 319 g/mol. The SMILES string of the molecule is COc1ccc(C)cc1C(C)NS(=O)(=O)Cc1ccccc1. The number of benzene rings is 2. The average molecular weight is 319 g/mol. The Labute approximate surface area is 132 Å². The van der Waals surface area contributed by atoms with Gasteiger partial charge in [-0.05, 0) is 25.5 Å². The van der Waals surface area contributed by atoms with Crippen molar-refractivity contribution in [2.45, 2.75) is 25.6 Å². The van der Waals surface area contributed by atoms with Crippen molar-refractivity contribution in [1.29, 1.82) is 0 Å². The van der Waals surface area contributed by atoms with E-state index >= 15 is 0 Å². The number of sulfonamides is 1. The standard InChI is InChI=1S/C17H21NO3S/c1-13-9-10-17(21-3)16(11-13)14(2)18-22(19,20)12-15-7-5-4-6-8-15/h4-11,14,18H,12H2,1-3H3. The summed E-state index contributed by atoms with van der Waals surface area (Å²) < 4.78 is 32.7. The smallest absolute Gasteiger partial charge is 0.216 e. The van der Waals surface area contributed by atoms with E-state index in [9.17, 15) is 8.42 Å². The van der Waals surface area contributed by atoms with Gasteiger partial charge in [0.15, 0.2) is 0 Å². The predicted octanol–water partition coefficient (Wildman–Crippen LogP) is 3.18. The van der Waals surface area contributed by atoms with Crippen LogP contribution in [0.5, 0.6) is 5.75 Å². The van der Waals surface area contributed by atoms with Crippen molar-refractivity contribution in [3.05, 3.63) is 65.2 Å². The average Bonchev–Trinajstić information content (AvgIpc) is 2.47. The maximum absolute atomic E-state index is 12.3. The summed E-state index contributed by atoms with van der Waals surface area (Å²) in [6, 6.07) is 14.5. The summed E-state index contributed by atoms with van der Waals surface area (Å²) >= 11 is 0. The highest BCUT2D eigenvalue weighted by atomic mass is 32.2. The van der Waals surface area contributed by atoms with Crippen LogP contribution in [0.1, 0.15) is 29.7 Å². The largest absolute Gasteiger partial charge is 0.496 e. The van der Waals surface area contributed by atoms with Gasteiger partial charge in [-0.25, -0.2) is 13.1 Å². The Hall–Kier alpha value is -1.85. The lowest BCUT2D eigenvalue weighted by Gasteiger charge is -2.18. The van der Waals surface area contributed by atoms with Crippen molar-refractivity contribution < 1.29 is 13.2 Å². The molecular formula is C17H21NO3S. The molecule has 0 aliphatic rings. The number of hydrogen-bond acceptors (Lipinski definition) is 3. The van der Waals surface area contributed by atoms with Crippen molar-refractivity contribution in [2.24, 2.45) is 0 Å². The number of nitrogens with one attached hydrogen (secondary N) is 1. The second kappa shape index (κ2) is 6.94. The van der Waals surface area contributed by atoms with Crippen LogP contribution in [-0.2, 0) is 15.8 Å². The highest BCUT2D eigenvalue weighted by Crippen LogP contribution is 2.26. The first-order valence-electron chi connectivity index (χ1n) is 7.10. The van der Waals surface area contributed by atoms with Gasteiger partial charge in [0.25, 0.3) is 0 Å². The third-order valence-electron chi connectivity index (χ3n) is 3.41. The molecule has 0 aliphatic carbocycles. The zero-order valence-corrected chi connectivity index (χ0v) is 13.9. The summed E-state index contributed by atoms with van der Waals surface area (Å²) in [7, 11) is -1.84. The Kier molecular flexibility index (Phi) is 5.21. The van der Waals surface area contributed by atoms with Crippen LogP contribution in [-0.4, -0.2) is 15.5 Å². The molecule has 118 valence electrons. The van der Waals surface area contributed by atoms with Gasteiger partial charge in [0, 0.05) is 11.6 Å². The lowest BCUT2D eigenvalue weighted by Crippen LogP contribution is -2.28. The third kappa shape index (κ3) is 4.32. The number of hydrogen-bond donors (Lipinski definition) is 1. The van der Waals surface area contributed by atoms with E-state index in [0.29, 0.717) is 5.75 Å². The van der Waals surface area contributed by atoms with E-state index in [4.69, 9.17) is 4.74 Å². The van der Waals surface area contributed by atoms with Crippen molar-refractivity contribution in [1.82, 2.24) is 4.72 Å². The minimum atomic E-state index is -3.43. The number of rotatable bonds is 6. The molecule has 4 nitrogen and oxygen atoms in total. The molecule has 0 radical (unpaired) electrons. The fraction of sp³-hybridized carbons (Fsp3) is 0.294. The minimum Gasteiger partial charge on any atom is -0.496 e. The lowest BCUT2D eigenvalue weighted by molar-refractivity contribution is 0.405. The molecule has 2 rings (SSSR count). The molecule has 0 heterocycles. The summed E-state index contributed by atoms with van der Waals surface area (Å²) in [5, 5.41) is 0. The fourth-order valence-electron chi connectivity index (χ4n) is 2.36. The molecule has 0 bridgehead atoms. The van der Waals surface area contributed by atoms with E-state index in [1.807, 2.05) is 50.2 Å². The van der Waals surface area contributed by atoms with Crippen LogP contribution < -0.4 is 9.46 Å². The topological polar surface area (TPSA) is 55.4 Å². The van der Waals surface area contributed by atoms with Gasteiger partial charge in [0.1, 0.15) is 5.75 Å². The van der Waals surface area contributed by atoms with E-state index in [1.54, 1.807) is 19.2 Å². The van der Waals surface area contributed by atoms with E-state index < -0.39 is 10.0 Å². The summed E-state index contributed by atoms with van der Waals surface area (Å²) in [5.41, 5.74) is 2.66. The first-order chi connectivity index (χ1) is 10.4.